The van der Waals surface area contributed by atoms with Gasteiger partial charge in [0.2, 0.25) is 10.0 Å². The summed E-state index contributed by atoms with van der Waals surface area (Å²) in [6.07, 6.45) is 0. The van der Waals surface area contributed by atoms with Crippen LogP contribution in [0, 0.1) is 0 Å². The first-order chi connectivity index (χ1) is 7.80. The molecular weight excluding hydrogens is 238 g/mol. The van der Waals surface area contributed by atoms with Crippen LogP contribution < -0.4 is 16.2 Å². The average molecular weight is 257 g/mol. The highest BCUT2D eigenvalue weighted by atomic mass is 32.2. The van der Waals surface area contributed by atoms with Crippen LogP contribution in [0.25, 0.3) is 0 Å². The van der Waals surface area contributed by atoms with Gasteiger partial charge in [0.05, 0.1) is 5.25 Å². The van der Waals surface area contributed by atoms with E-state index in [0.717, 1.165) is 5.69 Å². The van der Waals surface area contributed by atoms with Gasteiger partial charge in [-0.2, -0.15) is 0 Å². The van der Waals surface area contributed by atoms with Crippen LogP contribution in [0.3, 0.4) is 0 Å². The van der Waals surface area contributed by atoms with Crippen molar-refractivity contribution in [2.45, 2.75) is 25.1 Å². The minimum Gasteiger partial charge on any atom is -0.383 e. The summed E-state index contributed by atoms with van der Waals surface area (Å²) in [5.74, 6) is 0. The number of nitrogens with one attached hydrogen (secondary N) is 1. The fourth-order valence-electron chi connectivity index (χ4n) is 1.34. The van der Waals surface area contributed by atoms with Crippen LogP contribution in [0.4, 0.5) is 5.69 Å². The van der Waals surface area contributed by atoms with Crippen molar-refractivity contribution in [3.63, 3.8) is 0 Å². The first-order valence-corrected chi connectivity index (χ1v) is 7.02. The monoisotopic (exact) mass is 257 g/mol. The zero-order valence-corrected chi connectivity index (χ0v) is 10.9. The van der Waals surface area contributed by atoms with Gasteiger partial charge >= 0.3 is 0 Å². The lowest BCUT2D eigenvalue weighted by molar-refractivity contribution is 0.588. The van der Waals surface area contributed by atoms with Crippen molar-refractivity contribution in [3.05, 3.63) is 29.8 Å². The van der Waals surface area contributed by atoms with Gasteiger partial charge in [0.15, 0.2) is 0 Å². The number of hydrogen-bond acceptors (Lipinski definition) is 4. The predicted octanol–water partition coefficient (Wildman–Crippen LogP) is 0.795. The molecule has 17 heavy (non-hydrogen) atoms. The maximum absolute atomic E-state index is 11.2. The molecule has 5 N–H and O–H groups in total. The molecule has 1 aromatic rings. The van der Waals surface area contributed by atoms with Crippen molar-refractivity contribution in [1.29, 1.82) is 0 Å². The molecule has 0 radical (unpaired) electrons. The third-order valence-corrected chi connectivity index (χ3v) is 3.76. The van der Waals surface area contributed by atoms with Crippen molar-refractivity contribution < 1.29 is 8.42 Å². The summed E-state index contributed by atoms with van der Waals surface area (Å²) >= 11 is 0. The van der Waals surface area contributed by atoms with Crippen LogP contribution >= 0.6 is 0 Å². The molecule has 5 nitrogen and oxygen atoms in total. The molecule has 2 atom stereocenters. The fourth-order valence-corrected chi connectivity index (χ4v) is 1.88. The number of anilines is 1. The molecule has 1 rings (SSSR count). The van der Waals surface area contributed by atoms with E-state index in [2.05, 4.69) is 5.32 Å². The summed E-state index contributed by atoms with van der Waals surface area (Å²) in [6.45, 7) is 4.15. The zero-order chi connectivity index (χ0) is 13.1. The van der Waals surface area contributed by atoms with Crippen LogP contribution in [0.15, 0.2) is 24.3 Å². The number of nitrogens with two attached hydrogens (primary N) is 2. The van der Waals surface area contributed by atoms with E-state index in [4.69, 9.17) is 10.9 Å². The van der Waals surface area contributed by atoms with Crippen LogP contribution in [0.1, 0.15) is 24.7 Å². The lowest BCUT2D eigenvalue weighted by atomic mass is 10.1. The Bertz CT molecular complexity index is 454. The third-order valence-electron chi connectivity index (χ3n) is 2.50. The summed E-state index contributed by atoms with van der Waals surface area (Å²) in [5.41, 5.74) is 7.21. The summed E-state index contributed by atoms with van der Waals surface area (Å²) < 4.78 is 22.4. The number of rotatable bonds is 5. The van der Waals surface area contributed by atoms with Crippen molar-refractivity contribution >= 4 is 15.7 Å². The maximum Gasteiger partial charge on any atom is 0.215 e. The highest BCUT2D eigenvalue weighted by Crippen LogP contribution is 2.21. The molecule has 0 heterocycles. The van der Waals surface area contributed by atoms with Crippen LogP contribution in [-0.4, -0.2) is 21.0 Å². The number of sulfonamides is 1. The quantitative estimate of drug-likeness (QED) is 0.726. The molecule has 6 heteroatoms. The Hall–Kier alpha value is -1.11. The highest BCUT2D eigenvalue weighted by Gasteiger charge is 2.17. The summed E-state index contributed by atoms with van der Waals surface area (Å²) in [5, 5.41) is 7.54. The zero-order valence-electron chi connectivity index (χ0n) is 10.1. The van der Waals surface area contributed by atoms with Gasteiger partial charge in [0.25, 0.3) is 0 Å². The van der Waals surface area contributed by atoms with Crippen LogP contribution in [0.2, 0.25) is 0 Å². The molecule has 0 aliphatic heterocycles. The summed E-state index contributed by atoms with van der Waals surface area (Å²) in [4.78, 5) is 0. The second kappa shape index (κ2) is 5.48. The van der Waals surface area contributed by atoms with Crippen molar-refractivity contribution in [1.82, 2.24) is 0 Å². The average Bonchev–Trinajstić information content (AvgIpc) is 2.25. The molecule has 0 spiro atoms. The number of hydrogen-bond donors (Lipinski definition) is 3. The van der Waals surface area contributed by atoms with Crippen LogP contribution in [0.5, 0.6) is 0 Å². The van der Waals surface area contributed by atoms with Gasteiger partial charge in [-0.3, -0.25) is 0 Å². The topological polar surface area (TPSA) is 98.2 Å². The smallest absolute Gasteiger partial charge is 0.215 e. The first-order valence-electron chi connectivity index (χ1n) is 5.41. The third kappa shape index (κ3) is 4.33. The molecule has 0 amide bonds. The van der Waals surface area contributed by atoms with Crippen molar-refractivity contribution in [2.75, 3.05) is 11.9 Å². The van der Waals surface area contributed by atoms with Crippen molar-refractivity contribution in [2.24, 2.45) is 10.9 Å². The second-order valence-corrected chi connectivity index (χ2v) is 6.10. The van der Waals surface area contributed by atoms with E-state index in [-0.39, 0.29) is 6.04 Å². The Morgan fingerprint density at radius 3 is 2.18 bits per heavy atom. The fraction of sp³-hybridized carbons (Fsp3) is 0.455. The van der Waals surface area contributed by atoms with E-state index >= 15 is 0 Å². The van der Waals surface area contributed by atoms with E-state index in [1.807, 2.05) is 19.1 Å². The normalized spacial score (nSPS) is 15.3. The van der Waals surface area contributed by atoms with E-state index in [0.29, 0.717) is 12.1 Å². The lowest BCUT2D eigenvalue weighted by Gasteiger charge is -2.12. The molecule has 96 valence electrons. The van der Waals surface area contributed by atoms with Gasteiger partial charge < -0.3 is 11.1 Å². The molecule has 2 unspecified atom stereocenters. The SMILES string of the molecule is CC(N)CNc1ccc(C(C)S(N)(=O)=O)cc1. The Balaban J connectivity index is 2.75. The minimum absolute atomic E-state index is 0.0676. The number of primary sulfonamides is 1. The predicted molar refractivity (Wildman–Crippen MR) is 70.1 cm³/mol. The van der Waals surface area contributed by atoms with E-state index in [1.54, 1.807) is 19.1 Å². The lowest BCUT2D eigenvalue weighted by Crippen LogP contribution is -2.25. The molecule has 1 aromatic carbocycles. The van der Waals surface area contributed by atoms with Crippen molar-refractivity contribution in [3.8, 4) is 0 Å². The molecule has 0 bridgehead atoms. The Kier molecular flexibility index (Phi) is 4.50. The molecule has 0 saturated heterocycles. The Morgan fingerprint density at radius 2 is 1.76 bits per heavy atom. The number of benzene rings is 1. The van der Waals surface area contributed by atoms with E-state index in [9.17, 15) is 8.42 Å². The van der Waals surface area contributed by atoms with Gasteiger partial charge in [-0.1, -0.05) is 12.1 Å². The first kappa shape index (κ1) is 14.0. The minimum atomic E-state index is -3.53. The van der Waals surface area contributed by atoms with Gasteiger partial charge in [-0.15, -0.1) is 0 Å². The molecule has 0 aliphatic rings. The standard InChI is InChI=1S/C11H19N3O2S/c1-8(12)7-14-11-5-3-10(4-6-11)9(2)17(13,15)16/h3-6,8-9,14H,7,12H2,1-2H3,(H2,13,15,16). The second-order valence-electron chi connectivity index (χ2n) is 4.21. The highest BCUT2D eigenvalue weighted by molar-refractivity contribution is 7.89. The molecule has 0 aromatic heterocycles. The van der Waals surface area contributed by atoms with E-state index < -0.39 is 15.3 Å². The van der Waals surface area contributed by atoms with Gasteiger partial charge in [-0.25, -0.2) is 13.6 Å². The Labute approximate surface area is 102 Å². The van der Waals surface area contributed by atoms with Gasteiger partial charge in [-0.05, 0) is 31.5 Å². The molecular formula is C11H19N3O2S. The van der Waals surface area contributed by atoms with E-state index in [1.165, 1.54) is 0 Å². The van der Waals surface area contributed by atoms with Gasteiger partial charge in [0.1, 0.15) is 0 Å². The van der Waals surface area contributed by atoms with Gasteiger partial charge in [0, 0.05) is 18.3 Å². The molecule has 0 fully saturated rings. The largest absolute Gasteiger partial charge is 0.383 e. The van der Waals surface area contributed by atoms with Crippen LogP contribution in [-0.2, 0) is 10.0 Å². The summed E-state index contributed by atoms with van der Waals surface area (Å²) in [7, 11) is -3.53. The Morgan fingerprint density at radius 1 is 1.24 bits per heavy atom. The maximum atomic E-state index is 11.2. The molecule has 0 saturated carbocycles. The summed E-state index contributed by atoms with van der Waals surface area (Å²) in [6, 6.07) is 7.20. The molecule has 0 aliphatic carbocycles.